The van der Waals surface area contributed by atoms with Gasteiger partial charge in [0.25, 0.3) is 0 Å². The normalized spacial score (nSPS) is 16.1. The van der Waals surface area contributed by atoms with Gasteiger partial charge in [-0.3, -0.25) is 4.90 Å². The lowest BCUT2D eigenvalue weighted by Crippen LogP contribution is -2.49. The third-order valence-electron chi connectivity index (χ3n) is 6.05. The van der Waals surface area contributed by atoms with Gasteiger partial charge in [0, 0.05) is 26.2 Å². The summed E-state index contributed by atoms with van der Waals surface area (Å²) in [6, 6.07) is 28.4. The summed E-state index contributed by atoms with van der Waals surface area (Å²) in [6.45, 7) is 6.58. The zero-order chi connectivity index (χ0) is 21.8. The van der Waals surface area contributed by atoms with E-state index < -0.39 is 10.0 Å². The summed E-state index contributed by atoms with van der Waals surface area (Å²) in [6.07, 6.45) is 0. The van der Waals surface area contributed by atoms with Crippen LogP contribution in [-0.4, -0.2) is 43.8 Å². The largest absolute Gasteiger partial charge is 0.290 e. The third-order valence-corrected chi connectivity index (χ3v) is 7.97. The topological polar surface area (TPSA) is 40.6 Å². The predicted molar refractivity (Wildman–Crippen MR) is 126 cm³/mol. The van der Waals surface area contributed by atoms with Crippen molar-refractivity contribution in [2.24, 2.45) is 0 Å². The molecule has 1 aliphatic rings. The average Bonchev–Trinajstić information content (AvgIpc) is 2.81. The van der Waals surface area contributed by atoms with E-state index in [1.54, 1.807) is 16.4 Å². The Kier molecular flexibility index (Phi) is 6.56. The molecule has 0 aliphatic carbocycles. The van der Waals surface area contributed by atoms with Gasteiger partial charge in [0.05, 0.1) is 10.9 Å². The number of rotatable bonds is 6. The molecule has 3 aromatic rings. The van der Waals surface area contributed by atoms with Crippen molar-refractivity contribution in [1.82, 2.24) is 9.21 Å². The Bertz CT molecular complexity index is 1030. The van der Waals surface area contributed by atoms with Crippen molar-refractivity contribution < 1.29 is 8.42 Å². The van der Waals surface area contributed by atoms with Crippen molar-refractivity contribution in [2.45, 2.75) is 30.7 Å². The average molecular weight is 435 g/mol. The number of piperazine rings is 1. The quantitative estimate of drug-likeness (QED) is 0.554. The van der Waals surface area contributed by atoms with Gasteiger partial charge >= 0.3 is 0 Å². The van der Waals surface area contributed by atoms with Crippen LogP contribution in [-0.2, 0) is 10.0 Å². The van der Waals surface area contributed by atoms with Gasteiger partial charge in [-0.1, -0.05) is 86.6 Å². The summed E-state index contributed by atoms with van der Waals surface area (Å²) in [4.78, 5) is 2.77. The summed E-state index contributed by atoms with van der Waals surface area (Å²) in [5.74, 6) is 0.383. The molecule has 0 spiro atoms. The van der Waals surface area contributed by atoms with E-state index in [-0.39, 0.29) is 6.04 Å². The number of hydrogen-bond acceptors (Lipinski definition) is 3. The zero-order valence-electron chi connectivity index (χ0n) is 18.2. The van der Waals surface area contributed by atoms with Gasteiger partial charge < -0.3 is 0 Å². The first-order valence-corrected chi connectivity index (χ1v) is 12.3. The van der Waals surface area contributed by atoms with Crippen LogP contribution in [0.3, 0.4) is 0 Å². The molecule has 0 unspecified atom stereocenters. The molecule has 162 valence electrons. The lowest BCUT2D eigenvalue weighted by Gasteiger charge is -2.39. The van der Waals surface area contributed by atoms with Crippen molar-refractivity contribution in [2.75, 3.05) is 26.2 Å². The van der Waals surface area contributed by atoms with E-state index in [4.69, 9.17) is 0 Å². The minimum atomic E-state index is -3.48. The fourth-order valence-corrected chi connectivity index (χ4v) is 5.68. The first kappa shape index (κ1) is 21.8. The lowest BCUT2D eigenvalue weighted by atomic mass is 9.96. The van der Waals surface area contributed by atoms with Crippen LogP contribution in [0.2, 0.25) is 0 Å². The molecule has 0 aromatic heterocycles. The fraction of sp³-hybridized carbons (Fsp3) is 0.308. The highest BCUT2D eigenvalue weighted by Crippen LogP contribution is 2.30. The van der Waals surface area contributed by atoms with Crippen LogP contribution in [0.25, 0.3) is 0 Å². The Labute approximate surface area is 186 Å². The molecule has 4 nitrogen and oxygen atoms in total. The van der Waals surface area contributed by atoms with E-state index >= 15 is 0 Å². The second-order valence-corrected chi connectivity index (χ2v) is 10.3. The van der Waals surface area contributed by atoms with Crippen molar-refractivity contribution in [1.29, 1.82) is 0 Å². The molecule has 3 aromatic carbocycles. The monoisotopic (exact) mass is 434 g/mol. The van der Waals surface area contributed by atoms with Crippen LogP contribution < -0.4 is 0 Å². The van der Waals surface area contributed by atoms with E-state index in [2.05, 4.69) is 67.3 Å². The van der Waals surface area contributed by atoms with Gasteiger partial charge in [0.15, 0.2) is 0 Å². The lowest BCUT2D eigenvalue weighted by molar-refractivity contribution is 0.156. The van der Waals surface area contributed by atoms with E-state index in [0.717, 1.165) is 5.56 Å². The predicted octanol–water partition coefficient (Wildman–Crippen LogP) is 4.91. The van der Waals surface area contributed by atoms with Crippen molar-refractivity contribution in [3.8, 4) is 0 Å². The Morgan fingerprint density at radius 3 is 1.58 bits per heavy atom. The molecular formula is C26H30N2O2S. The van der Waals surface area contributed by atoms with Gasteiger partial charge in [-0.25, -0.2) is 8.42 Å². The van der Waals surface area contributed by atoms with Crippen LogP contribution in [0.5, 0.6) is 0 Å². The van der Waals surface area contributed by atoms with Gasteiger partial charge in [-0.2, -0.15) is 4.31 Å². The molecule has 1 aliphatic heterocycles. The Morgan fingerprint density at radius 1 is 0.645 bits per heavy atom. The molecule has 5 heteroatoms. The van der Waals surface area contributed by atoms with Gasteiger partial charge in [0.2, 0.25) is 10.0 Å². The Morgan fingerprint density at radius 2 is 1.13 bits per heavy atom. The first-order chi connectivity index (χ1) is 15.0. The highest BCUT2D eigenvalue weighted by atomic mass is 32.2. The second kappa shape index (κ2) is 9.35. The van der Waals surface area contributed by atoms with Crippen LogP contribution in [0, 0.1) is 0 Å². The van der Waals surface area contributed by atoms with Crippen molar-refractivity contribution in [3.05, 3.63) is 102 Å². The maximum absolute atomic E-state index is 13.2. The Balaban J connectivity index is 1.52. The second-order valence-electron chi connectivity index (χ2n) is 8.39. The van der Waals surface area contributed by atoms with E-state index in [0.29, 0.717) is 37.0 Å². The minimum absolute atomic E-state index is 0.123. The molecule has 1 heterocycles. The molecule has 31 heavy (non-hydrogen) atoms. The molecule has 0 amide bonds. The van der Waals surface area contributed by atoms with E-state index in [9.17, 15) is 8.42 Å². The number of sulfonamides is 1. The first-order valence-electron chi connectivity index (χ1n) is 10.9. The van der Waals surface area contributed by atoms with Crippen molar-refractivity contribution >= 4 is 10.0 Å². The van der Waals surface area contributed by atoms with E-state index in [1.807, 2.05) is 24.3 Å². The van der Waals surface area contributed by atoms with Crippen LogP contribution in [0.15, 0.2) is 89.8 Å². The molecule has 1 saturated heterocycles. The molecule has 1 fully saturated rings. The fourth-order valence-electron chi connectivity index (χ4n) is 4.26. The van der Waals surface area contributed by atoms with Crippen molar-refractivity contribution in [3.63, 3.8) is 0 Å². The van der Waals surface area contributed by atoms with Crippen LogP contribution >= 0.6 is 0 Å². The maximum atomic E-state index is 13.2. The molecule has 0 radical (unpaired) electrons. The summed E-state index contributed by atoms with van der Waals surface area (Å²) in [5, 5.41) is 0. The summed E-state index contributed by atoms with van der Waals surface area (Å²) < 4.78 is 28.0. The molecule has 0 bridgehead atoms. The maximum Gasteiger partial charge on any atom is 0.243 e. The zero-order valence-corrected chi connectivity index (χ0v) is 19.0. The SMILES string of the molecule is CC(C)c1ccc(S(=O)(=O)N2CCN(C(c3ccccc3)c3ccccc3)CC2)cc1. The molecule has 0 atom stereocenters. The third kappa shape index (κ3) is 4.74. The molecular weight excluding hydrogens is 404 g/mol. The highest BCUT2D eigenvalue weighted by molar-refractivity contribution is 7.89. The molecule has 0 saturated carbocycles. The molecule has 4 rings (SSSR count). The standard InChI is InChI=1S/C26H30N2O2S/c1-21(2)22-13-15-25(16-14-22)31(29,30)28-19-17-27(18-20-28)26(23-9-5-3-6-10-23)24-11-7-4-8-12-24/h3-16,21,26H,17-20H2,1-2H3. The minimum Gasteiger partial charge on any atom is -0.290 e. The van der Waals surface area contributed by atoms with Gasteiger partial charge in [0.1, 0.15) is 0 Å². The smallest absolute Gasteiger partial charge is 0.243 e. The summed E-state index contributed by atoms with van der Waals surface area (Å²) in [5.41, 5.74) is 3.61. The summed E-state index contributed by atoms with van der Waals surface area (Å²) >= 11 is 0. The number of benzene rings is 3. The summed E-state index contributed by atoms with van der Waals surface area (Å²) in [7, 11) is -3.48. The van der Waals surface area contributed by atoms with E-state index in [1.165, 1.54) is 11.1 Å². The van der Waals surface area contributed by atoms with Crippen LogP contribution in [0.4, 0.5) is 0 Å². The van der Waals surface area contributed by atoms with Gasteiger partial charge in [-0.05, 0) is 34.7 Å². The number of nitrogens with zero attached hydrogens (tertiary/aromatic N) is 2. The molecule has 0 N–H and O–H groups in total. The number of hydrogen-bond donors (Lipinski definition) is 0. The Hall–Kier alpha value is -2.47. The highest BCUT2D eigenvalue weighted by Gasteiger charge is 2.32. The van der Waals surface area contributed by atoms with Gasteiger partial charge in [-0.15, -0.1) is 0 Å². The van der Waals surface area contributed by atoms with Crippen LogP contribution in [0.1, 0.15) is 42.5 Å².